The molecule has 6 nitrogen and oxygen atoms in total. The van der Waals surface area contributed by atoms with Crippen LogP contribution in [-0.4, -0.2) is 46.1 Å². The summed E-state index contributed by atoms with van der Waals surface area (Å²) in [6.07, 6.45) is 1.62. The minimum atomic E-state index is -0.0722. The predicted molar refractivity (Wildman–Crippen MR) is 82.8 cm³/mol. The molecule has 0 saturated carbocycles. The molecule has 4 heterocycles. The fourth-order valence-corrected chi connectivity index (χ4v) is 4.06. The highest BCUT2D eigenvalue weighted by Crippen LogP contribution is 2.36. The van der Waals surface area contributed by atoms with Gasteiger partial charge >= 0.3 is 0 Å². The molecule has 0 spiro atoms. The third kappa shape index (κ3) is 1.96. The van der Waals surface area contributed by atoms with Crippen molar-refractivity contribution >= 4 is 28.8 Å². The van der Waals surface area contributed by atoms with E-state index in [0.717, 1.165) is 5.69 Å². The number of rotatable bonds is 2. The molecule has 0 aromatic carbocycles. The second-order valence-corrected chi connectivity index (χ2v) is 6.63. The summed E-state index contributed by atoms with van der Waals surface area (Å²) in [5.74, 6) is 0.259. The van der Waals surface area contributed by atoms with E-state index in [0.29, 0.717) is 25.3 Å². The van der Waals surface area contributed by atoms with E-state index in [1.807, 2.05) is 21.7 Å². The molecule has 0 bridgehead atoms. The first-order valence-corrected chi connectivity index (χ1v) is 8.20. The number of likely N-dealkylation sites (tertiary alicyclic amines) is 1. The van der Waals surface area contributed by atoms with E-state index in [1.54, 1.807) is 40.2 Å². The van der Waals surface area contributed by atoms with E-state index >= 15 is 0 Å². The molecule has 0 unspecified atom stereocenters. The maximum atomic E-state index is 12.6. The molecule has 7 heteroatoms. The van der Waals surface area contributed by atoms with Gasteiger partial charge in [0.15, 0.2) is 0 Å². The molecule has 2 aromatic heterocycles. The smallest absolute Gasteiger partial charge is 0.272 e. The third-order valence-electron chi connectivity index (χ3n) is 4.59. The molecule has 2 saturated heterocycles. The van der Waals surface area contributed by atoms with Crippen LogP contribution in [-0.2, 0) is 11.8 Å². The summed E-state index contributed by atoms with van der Waals surface area (Å²) < 4.78 is 1.58. The average molecular weight is 316 g/mol. The Morgan fingerprint density at radius 2 is 2.18 bits per heavy atom. The van der Waals surface area contributed by atoms with Gasteiger partial charge in [-0.1, -0.05) is 0 Å². The lowest BCUT2D eigenvalue weighted by Crippen LogP contribution is -2.36. The van der Waals surface area contributed by atoms with E-state index in [2.05, 4.69) is 5.10 Å². The maximum absolute atomic E-state index is 12.6. The van der Waals surface area contributed by atoms with E-state index in [1.165, 1.54) is 0 Å². The number of aromatic nitrogens is 2. The number of anilines is 1. The topological polar surface area (TPSA) is 58.4 Å². The van der Waals surface area contributed by atoms with Crippen LogP contribution in [0.15, 0.2) is 29.1 Å². The van der Waals surface area contributed by atoms with E-state index in [4.69, 9.17) is 0 Å². The summed E-state index contributed by atoms with van der Waals surface area (Å²) in [6, 6.07) is 3.69. The monoisotopic (exact) mass is 316 g/mol. The van der Waals surface area contributed by atoms with Gasteiger partial charge in [-0.3, -0.25) is 14.3 Å². The molecule has 2 amide bonds. The molecule has 2 aromatic rings. The first-order valence-electron chi connectivity index (χ1n) is 7.26. The van der Waals surface area contributed by atoms with Crippen molar-refractivity contribution in [3.05, 3.63) is 34.8 Å². The largest absolute Gasteiger partial charge is 0.336 e. The zero-order valence-corrected chi connectivity index (χ0v) is 13.0. The highest BCUT2D eigenvalue weighted by Gasteiger charge is 2.48. The number of aryl methyl sites for hydroxylation is 1. The van der Waals surface area contributed by atoms with Gasteiger partial charge < -0.3 is 9.80 Å². The molecular formula is C15H16N4O2S. The zero-order chi connectivity index (χ0) is 15.3. The van der Waals surface area contributed by atoms with Gasteiger partial charge in [0, 0.05) is 44.2 Å². The number of fused-ring (bicyclic) bond motifs is 1. The Labute approximate surface area is 131 Å². The summed E-state index contributed by atoms with van der Waals surface area (Å²) in [5, 5.41) is 8.02. The van der Waals surface area contributed by atoms with Gasteiger partial charge in [-0.2, -0.15) is 16.4 Å². The second-order valence-electron chi connectivity index (χ2n) is 5.85. The molecule has 2 aliphatic rings. The molecule has 22 heavy (non-hydrogen) atoms. The lowest BCUT2D eigenvalue weighted by Gasteiger charge is -2.21. The Bertz CT molecular complexity index is 724. The lowest BCUT2D eigenvalue weighted by molar-refractivity contribution is -0.120. The van der Waals surface area contributed by atoms with E-state index < -0.39 is 0 Å². The number of carbonyl (C=O) groups is 2. The number of thiophene rings is 1. The summed E-state index contributed by atoms with van der Waals surface area (Å²) >= 11 is 1.59. The Hall–Kier alpha value is -2.15. The summed E-state index contributed by atoms with van der Waals surface area (Å²) in [6.45, 7) is 1.85. The van der Waals surface area contributed by atoms with Crippen molar-refractivity contribution < 1.29 is 9.59 Å². The van der Waals surface area contributed by atoms with Crippen LogP contribution < -0.4 is 4.90 Å². The molecule has 4 rings (SSSR count). The molecule has 0 radical (unpaired) electrons. The molecule has 114 valence electrons. The fourth-order valence-electron chi connectivity index (χ4n) is 3.42. The quantitative estimate of drug-likeness (QED) is 0.837. The number of hydrogen-bond acceptors (Lipinski definition) is 4. The Morgan fingerprint density at radius 1 is 1.32 bits per heavy atom. The summed E-state index contributed by atoms with van der Waals surface area (Å²) in [5.41, 5.74) is 1.55. The maximum Gasteiger partial charge on any atom is 0.272 e. The first kappa shape index (κ1) is 13.5. The minimum absolute atomic E-state index is 0.0377. The molecule has 2 atom stereocenters. The lowest BCUT2D eigenvalue weighted by atomic mass is 10.0. The van der Waals surface area contributed by atoms with Crippen LogP contribution in [0, 0.1) is 11.8 Å². The normalized spacial score (nSPS) is 24.1. The Balaban J connectivity index is 1.50. The van der Waals surface area contributed by atoms with Gasteiger partial charge in [-0.15, -0.1) is 0 Å². The minimum Gasteiger partial charge on any atom is -0.336 e. The van der Waals surface area contributed by atoms with Crippen LogP contribution >= 0.6 is 11.3 Å². The van der Waals surface area contributed by atoms with Crippen LogP contribution in [0.5, 0.6) is 0 Å². The van der Waals surface area contributed by atoms with Crippen molar-refractivity contribution in [1.82, 2.24) is 14.7 Å². The van der Waals surface area contributed by atoms with Gasteiger partial charge in [-0.05, 0) is 17.5 Å². The van der Waals surface area contributed by atoms with Crippen LogP contribution in [0.2, 0.25) is 0 Å². The van der Waals surface area contributed by atoms with Crippen molar-refractivity contribution in [3.8, 4) is 0 Å². The average Bonchev–Trinajstić information content (AvgIpc) is 3.24. The number of amides is 2. The number of nitrogens with zero attached hydrogens (tertiary/aromatic N) is 4. The number of carbonyl (C=O) groups excluding carboxylic acids is 2. The van der Waals surface area contributed by atoms with Crippen molar-refractivity contribution in [2.24, 2.45) is 18.9 Å². The fraction of sp³-hybridized carbons (Fsp3) is 0.400. The van der Waals surface area contributed by atoms with Crippen LogP contribution in [0.4, 0.5) is 5.69 Å². The first-order chi connectivity index (χ1) is 10.6. The SMILES string of the molecule is Cn1nccc1C(=O)N1C[C@H]2CN(c3ccsc3)C(=O)[C@H]2C1. The predicted octanol–water partition coefficient (Wildman–Crippen LogP) is 1.22. The van der Waals surface area contributed by atoms with E-state index in [9.17, 15) is 9.59 Å². The standard InChI is InChI=1S/C15H16N4O2S/c1-17-13(2-4-16-17)15(21)18-6-10-7-19(11-3-5-22-9-11)14(20)12(10)8-18/h2-5,9-10,12H,6-8H2,1H3/t10-,12-/m0/s1. The van der Waals surface area contributed by atoms with Crippen molar-refractivity contribution in [1.29, 1.82) is 0 Å². The van der Waals surface area contributed by atoms with Gasteiger partial charge in [0.2, 0.25) is 5.91 Å². The molecular weight excluding hydrogens is 300 g/mol. The van der Waals surface area contributed by atoms with Gasteiger partial charge in [0.25, 0.3) is 5.91 Å². The van der Waals surface area contributed by atoms with E-state index in [-0.39, 0.29) is 23.7 Å². The Morgan fingerprint density at radius 3 is 2.82 bits per heavy atom. The molecule has 2 aliphatic heterocycles. The molecule has 0 N–H and O–H groups in total. The van der Waals surface area contributed by atoms with Crippen LogP contribution in [0.25, 0.3) is 0 Å². The van der Waals surface area contributed by atoms with Crippen molar-refractivity contribution in [2.75, 3.05) is 24.5 Å². The van der Waals surface area contributed by atoms with Crippen molar-refractivity contribution in [3.63, 3.8) is 0 Å². The highest BCUT2D eigenvalue weighted by molar-refractivity contribution is 7.08. The van der Waals surface area contributed by atoms with Gasteiger partial charge in [-0.25, -0.2) is 0 Å². The van der Waals surface area contributed by atoms with Crippen LogP contribution in [0.3, 0.4) is 0 Å². The highest BCUT2D eigenvalue weighted by atomic mass is 32.1. The number of hydrogen-bond donors (Lipinski definition) is 0. The summed E-state index contributed by atoms with van der Waals surface area (Å²) in [4.78, 5) is 28.7. The van der Waals surface area contributed by atoms with Gasteiger partial charge in [0.1, 0.15) is 5.69 Å². The zero-order valence-electron chi connectivity index (χ0n) is 12.2. The second kappa shape index (κ2) is 4.95. The summed E-state index contributed by atoms with van der Waals surface area (Å²) in [7, 11) is 1.76. The third-order valence-corrected chi connectivity index (χ3v) is 5.26. The molecule has 0 aliphatic carbocycles. The Kier molecular flexibility index (Phi) is 3.04. The molecule has 2 fully saturated rings. The van der Waals surface area contributed by atoms with Gasteiger partial charge in [0.05, 0.1) is 11.6 Å². The van der Waals surface area contributed by atoms with Crippen molar-refractivity contribution in [2.45, 2.75) is 0 Å². The van der Waals surface area contributed by atoms with Crippen LogP contribution in [0.1, 0.15) is 10.5 Å².